The molecule has 6 nitrogen and oxygen atoms in total. The number of carbonyl (C=O) groups excluding carboxylic acids is 2. The Labute approximate surface area is 488 Å². The second kappa shape index (κ2) is 67.8. The normalized spacial score (nSPS) is 12.6. The van der Waals surface area contributed by atoms with Crippen LogP contribution < -0.4 is 5.32 Å². The fourth-order valence-electron chi connectivity index (χ4n) is 11.3. The number of hydrogen-bond acceptors (Lipinski definition) is 5. The molecule has 1 amide bonds. The average molecular weight is 1100 g/mol. The van der Waals surface area contributed by atoms with Crippen molar-refractivity contribution in [2.24, 2.45) is 0 Å². The van der Waals surface area contributed by atoms with Crippen LogP contribution in [0.15, 0.2) is 24.3 Å². The minimum atomic E-state index is -0.664. The van der Waals surface area contributed by atoms with Crippen LogP contribution in [-0.4, -0.2) is 47.4 Å². The Morgan fingerprint density at radius 3 is 0.974 bits per heavy atom. The van der Waals surface area contributed by atoms with Crippen LogP contribution in [0.1, 0.15) is 399 Å². The maximum absolute atomic E-state index is 12.5. The summed E-state index contributed by atoms with van der Waals surface area (Å²) in [6.07, 6.45) is 85.2. The van der Waals surface area contributed by atoms with Gasteiger partial charge in [-0.05, 0) is 57.8 Å². The van der Waals surface area contributed by atoms with Crippen molar-refractivity contribution in [3.63, 3.8) is 0 Å². The molecule has 2 atom stereocenters. The standard InChI is InChI=1S/C72H139NO5/c1-3-5-7-9-11-13-15-16-17-18-32-35-38-41-45-48-52-56-60-64-70(75)69(68-74)73-71(76)65-61-57-53-49-46-42-39-36-33-30-28-26-24-22-20-19-21-23-25-27-29-31-34-37-40-43-47-51-55-59-63-67-78-72(77)66-62-58-54-50-44-14-12-10-8-6-4-2/h21,23,27,29,69-70,74-75H,3-20,22,24-26,28,30-68H2,1-2H3,(H,73,76)/b23-21-,29-27-. The third kappa shape index (κ3) is 63.5. The molecule has 462 valence electrons. The van der Waals surface area contributed by atoms with Gasteiger partial charge in [-0.2, -0.15) is 0 Å². The van der Waals surface area contributed by atoms with Crippen LogP contribution in [-0.2, 0) is 14.3 Å². The second-order valence-electron chi connectivity index (χ2n) is 24.6. The molecule has 0 fully saturated rings. The quantitative estimate of drug-likeness (QED) is 0.0320. The molecular formula is C72H139NO5. The lowest BCUT2D eigenvalue weighted by Crippen LogP contribution is -2.45. The monoisotopic (exact) mass is 1100 g/mol. The van der Waals surface area contributed by atoms with Gasteiger partial charge in [-0.3, -0.25) is 9.59 Å². The predicted molar refractivity (Wildman–Crippen MR) is 343 cm³/mol. The fraction of sp³-hybridized carbons (Fsp3) is 0.917. The van der Waals surface area contributed by atoms with E-state index in [0.29, 0.717) is 25.9 Å². The van der Waals surface area contributed by atoms with Crippen molar-refractivity contribution in [2.45, 2.75) is 411 Å². The van der Waals surface area contributed by atoms with Gasteiger partial charge >= 0.3 is 5.97 Å². The molecule has 0 saturated carbocycles. The van der Waals surface area contributed by atoms with E-state index >= 15 is 0 Å². The summed E-state index contributed by atoms with van der Waals surface area (Å²) >= 11 is 0. The number of carbonyl (C=O) groups is 2. The molecule has 6 heteroatoms. The third-order valence-electron chi connectivity index (χ3n) is 16.8. The van der Waals surface area contributed by atoms with Crippen LogP contribution in [0.25, 0.3) is 0 Å². The number of nitrogens with one attached hydrogen (secondary N) is 1. The van der Waals surface area contributed by atoms with E-state index in [1.54, 1.807) is 0 Å². The lowest BCUT2D eigenvalue weighted by Gasteiger charge is -2.22. The third-order valence-corrected chi connectivity index (χ3v) is 16.8. The first-order valence-corrected chi connectivity index (χ1v) is 35.6. The van der Waals surface area contributed by atoms with E-state index in [2.05, 4.69) is 43.5 Å². The molecule has 2 unspecified atom stereocenters. The van der Waals surface area contributed by atoms with Gasteiger partial charge in [0.15, 0.2) is 0 Å². The SMILES string of the molecule is CCCCCCCCCCCCCCCCCCCCCC(O)C(CO)NC(=O)CCCCCCCCCCCCCCCCC/C=C\C/C=C\CCCCCCCCCCCOC(=O)CCCCCCCCCCCCC. The maximum atomic E-state index is 12.5. The van der Waals surface area contributed by atoms with Gasteiger partial charge in [-0.25, -0.2) is 0 Å². The van der Waals surface area contributed by atoms with E-state index < -0.39 is 12.1 Å². The Morgan fingerprint density at radius 1 is 0.359 bits per heavy atom. The Balaban J connectivity index is 3.39. The average Bonchev–Trinajstić information content (AvgIpc) is 3.44. The van der Waals surface area contributed by atoms with Crippen molar-refractivity contribution in [3.05, 3.63) is 24.3 Å². The van der Waals surface area contributed by atoms with Crippen LogP contribution in [0.4, 0.5) is 0 Å². The van der Waals surface area contributed by atoms with E-state index in [9.17, 15) is 19.8 Å². The zero-order valence-corrected chi connectivity index (χ0v) is 52.9. The predicted octanol–water partition coefficient (Wildman–Crippen LogP) is 22.9. The summed E-state index contributed by atoms with van der Waals surface area (Å²) in [5.74, 6) is -0.0167. The van der Waals surface area contributed by atoms with Gasteiger partial charge in [0.05, 0.1) is 25.4 Å². The van der Waals surface area contributed by atoms with Crippen molar-refractivity contribution in [1.29, 1.82) is 0 Å². The molecule has 78 heavy (non-hydrogen) atoms. The van der Waals surface area contributed by atoms with E-state index in [0.717, 1.165) is 44.9 Å². The number of aliphatic hydroxyl groups excluding tert-OH is 2. The molecule has 0 saturated heterocycles. The molecule has 0 radical (unpaired) electrons. The molecule has 0 heterocycles. The van der Waals surface area contributed by atoms with Gasteiger partial charge in [-0.1, -0.05) is 353 Å². The highest BCUT2D eigenvalue weighted by Crippen LogP contribution is 2.19. The maximum Gasteiger partial charge on any atom is 0.305 e. The summed E-state index contributed by atoms with van der Waals surface area (Å²) < 4.78 is 5.47. The van der Waals surface area contributed by atoms with E-state index in [1.165, 1.54) is 321 Å². The minimum Gasteiger partial charge on any atom is -0.466 e. The molecule has 0 bridgehead atoms. The van der Waals surface area contributed by atoms with Gasteiger partial charge in [0, 0.05) is 12.8 Å². The smallest absolute Gasteiger partial charge is 0.305 e. The van der Waals surface area contributed by atoms with Crippen molar-refractivity contribution in [3.8, 4) is 0 Å². The van der Waals surface area contributed by atoms with Crippen LogP contribution in [0.5, 0.6) is 0 Å². The van der Waals surface area contributed by atoms with E-state index in [1.807, 2.05) is 0 Å². The minimum absolute atomic E-state index is 0.0135. The van der Waals surface area contributed by atoms with Crippen molar-refractivity contribution in [1.82, 2.24) is 5.32 Å². The first-order chi connectivity index (χ1) is 38.5. The zero-order chi connectivity index (χ0) is 56.4. The topological polar surface area (TPSA) is 95.9 Å². The number of ether oxygens (including phenoxy) is 1. The van der Waals surface area contributed by atoms with Crippen LogP contribution in [0.2, 0.25) is 0 Å². The summed E-state index contributed by atoms with van der Waals surface area (Å²) in [6, 6.07) is -0.541. The lowest BCUT2D eigenvalue weighted by molar-refractivity contribution is -0.143. The number of rotatable bonds is 67. The molecule has 0 aromatic heterocycles. The van der Waals surface area contributed by atoms with Gasteiger partial charge in [0.1, 0.15) is 0 Å². The summed E-state index contributed by atoms with van der Waals surface area (Å²) in [4.78, 5) is 24.5. The molecule has 0 spiro atoms. The van der Waals surface area contributed by atoms with Gasteiger partial charge in [0.25, 0.3) is 0 Å². The van der Waals surface area contributed by atoms with E-state index in [4.69, 9.17) is 4.74 Å². The van der Waals surface area contributed by atoms with E-state index in [-0.39, 0.29) is 18.5 Å². The molecule has 0 aromatic carbocycles. The number of amides is 1. The first-order valence-electron chi connectivity index (χ1n) is 35.6. The Morgan fingerprint density at radius 2 is 0.641 bits per heavy atom. The van der Waals surface area contributed by atoms with Crippen molar-refractivity contribution >= 4 is 11.9 Å². The summed E-state index contributed by atoms with van der Waals surface area (Å²) in [5, 5.41) is 23.4. The molecule has 0 rings (SSSR count). The Bertz CT molecular complexity index is 1220. The van der Waals surface area contributed by atoms with Gasteiger partial charge in [0.2, 0.25) is 5.91 Å². The van der Waals surface area contributed by atoms with Crippen LogP contribution in [0, 0.1) is 0 Å². The van der Waals surface area contributed by atoms with Gasteiger partial charge in [-0.15, -0.1) is 0 Å². The summed E-state index contributed by atoms with van der Waals surface area (Å²) in [7, 11) is 0. The van der Waals surface area contributed by atoms with Crippen LogP contribution >= 0.6 is 0 Å². The van der Waals surface area contributed by atoms with Crippen LogP contribution in [0.3, 0.4) is 0 Å². The number of aliphatic hydroxyl groups is 2. The molecule has 0 aliphatic carbocycles. The van der Waals surface area contributed by atoms with Crippen molar-refractivity contribution < 1.29 is 24.5 Å². The highest BCUT2D eigenvalue weighted by Gasteiger charge is 2.20. The largest absolute Gasteiger partial charge is 0.466 e. The van der Waals surface area contributed by atoms with Crippen molar-refractivity contribution in [2.75, 3.05) is 13.2 Å². The number of allylic oxidation sites excluding steroid dienone is 4. The number of hydrogen-bond donors (Lipinski definition) is 3. The zero-order valence-electron chi connectivity index (χ0n) is 52.9. The van der Waals surface area contributed by atoms with Gasteiger partial charge < -0.3 is 20.3 Å². The fourth-order valence-corrected chi connectivity index (χ4v) is 11.3. The molecular weight excluding hydrogens is 959 g/mol. The highest BCUT2D eigenvalue weighted by atomic mass is 16.5. The molecule has 0 aliphatic rings. The molecule has 3 N–H and O–H groups in total. The Hall–Kier alpha value is -1.66. The second-order valence-corrected chi connectivity index (χ2v) is 24.6. The summed E-state index contributed by atoms with van der Waals surface area (Å²) in [6.45, 7) is 4.98. The number of esters is 1. The first kappa shape index (κ1) is 76.3. The highest BCUT2D eigenvalue weighted by molar-refractivity contribution is 5.76. The Kier molecular flexibility index (Phi) is 66.4. The lowest BCUT2D eigenvalue weighted by atomic mass is 10.0. The summed E-state index contributed by atoms with van der Waals surface area (Å²) in [5.41, 5.74) is 0. The molecule has 0 aliphatic heterocycles. The number of unbranched alkanes of at least 4 members (excludes halogenated alkanes) is 52. The molecule has 0 aromatic rings.